The van der Waals surface area contributed by atoms with E-state index in [1.165, 1.54) is 18.6 Å². The number of benzene rings is 1. The molecule has 0 unspecified atom stereocenters. The third-order valence-electron chi connectivity index (χ3n) is 11.7. The Morgan fingerprint density at radius 1 is 0.873 bits per heavy atom. The number of aryl methyl sites for hydroxylation is 1. The van der Waals surface area contributed by atoms with Gasteiger partial charge >= 0.3 is 0 Å². The van der Waals surface area contributed by atoms with Gasteiger partial charge < -0.3 is 26.2 Å². The molecule has 2 saturated carbocycles. The highest BCUT2D eigenvalue weighted by molar-refractivity contribution is 6.38. The maximum Gasteiger partial charge on any atom is 0.290 e. The van der Waals surface area contributed by atoms with E-state index in [9.17, 15) is 28.8 Å². The van der Waals surface area contributed by atoms with Gasteiger partial charge in [0.05, 0.1) is 18.3 Å². The fourth-order valence-corrected chi connectivity index (χ4v) is 8.59. The quantitative estimate of drug-likeness (QED) is 0.206. The van der Waals surface area contributed by atoms with Crippen LogP contribution < -0.4 is 21.3 Å². The van der Waals surface area contributed by atoms with E-state index < -0.39 is 65.0 Å². The highest BCUT2D eigenvalue weighted by Crippen LogP contribution is 2.43. The highest BCUT2D eigenvalue weighted by atomic mass is 16.2. The lowest BCUT2D eigenvalue weighted by molar-refractivity contribution is -0.146. The number of Topliss-reactive ketones (excluding diaryl/α,β-unsaturated/α-hetero) is 1. The summed E-state index contributed by atoms with van der Waals surface area (Å²) < 4.78 is 0. The molecule has 5 amide bonds. The standard InChI is InChI=1S/C42H59N7O6/c1-7-12-31(35(50)40(54)45-26(3)27-19-17-25(2)18-20-27)46-39(53)34-30-16-11-15-29(30)24-49(34)41(55)36(42(4,5)6)48-38(52)33(28-13-9-8-10-14-28)47-37(51)32-23-43-21-22-44-32/h17-23,26,28-31,33-34,36H,7-16,24H2,1-6H3,(H,45,54)(H,46,53)(H,47,51)(H,48,52)/t26-,29+,30+,31+,33+,34+,36-/m1/s1. The number of nitrogens with one attached hydrogen (secondary N) is 4. The number of fused-ring (bicyclic) bond motifs is 1. The van der Waals surface area contributed by atoms with Crippen molar-refractivity contribution in [2.45, 2.75) is 136 Å². The van der Waals surface area contributed by atoms with Crippen LogP contribution in [0.4, 0.5) is 0 Å². The predicted molar refractivity (Wildman–Crippen MR) is 207 cm³/mol. The molecule has 4 N–H and O–H groups in total. The van der Waals surface area contributed by atoms with Crippen LogP contribution in [0.3, 0.4) is 0 Å². The van der Waals surface area contributed by atoms with E-state index in [2.05, 4.69) is 31.2 Å². The molecule has 0 radical (unpaired) electrons. The smallest absolute Gasteiger partial charge is 0.290 e. The summed E-state index contributed by atoms with van der Waals surface area (Å²) in [6.45, 7) is 11.6. The van der Waals surface area contributed by atoms with Gasteiger partial charge in [-0.05, 0) is 74.7 Å². The van der Waals surface area contributed by atoms with E-state index in [1.807, 2.05) is 58.9 Å². The van der Waals surface area contributed by atoms with Crippen molar-refractivity contribution in [3.63, 3.8) is 0 Å². The minimum atomic E-state index is -1.06. The molecule has 1 saturated heterocycles. The summed E-state index contributed by atoms with van der Waals surface area (Å²) in [4.78, 5) is 93.0. The van der Waals surface area contributed by atoms with Gasteiger partial charge in [-0.25, -0.2) is 4.98 Å². The Bertz CT molecular complexity index is 1690. The normalized spacial score (nSPS) is 22.1. The Morgan fingerprint density at radius 3 is 2.22 bits per heavy atom. The Morgan fingerprint density at radius 2 is 1.58 bits per heavy atom. The molecule has 298 valence electrons. The van der Waals surface area contributed by atoms with E-state index in [1.54, 1.807) is 11.8 Å². The molecule has 13 heteroatoms. The van der Waals surface area contributed by atoms with Gasteiger partial charge in [0.1, 0.15) is 23.8 Å². The molecule has 1 aromatic heterocycles. The van der Waals surface area contributed by atoms with Crippen molar-refractivity contribution < 1.29 is 28.8 Å². The Hall–Kier alpha value is -4.68. The molecule has 2 aliphatic carbocycles. The Balaban J connectivity index is 1.34. The minimum absolute atomic E-state index is 0.0927. The number of carbonyl (C=O) groups is 6. The van der Waals surface area contributed by atoms with Crippen LogP contribution >= 0.6 is 0 Å². The molecule has 3 fully saturated rings. The van der Waals surface area contributed by atoms with Gasteiger partial charge in [-0.15, -0.1) is 0 Å². The number of likely N-dealkylation sites (tertiary alicyclic amines) is 1. The maximum atomic E-state index is 14.7. The Kier molecular flexibility index (Phi) is 13.8. The molecular weight excluding hydrogens is 699 g/mol. The van der Waals surface area contributed by atoms with Crippen molar-refractivity contribution in [1.29, 1.82) is 0 Å². The first-order valence-electron chi connectivity index (χ1n) is 20.1. The molecule has 2 aromatic rings. The van der Waals surface area contributed by atoms with Crippen LogP contribution in [0, 0.1) is 30.1 Å². The van der Waals surface area contributed by atoms with Crippen LogP contribution in [0.25, 0.3) is 0 Å². The Labute approximate surface area is 325 Å². The molecular formula is C42H59N7O6. The molecule has 13 nitrogen and oxygen atoms in total. The summed E-state index contributed by atoms with van der Waals surface area (Å²) in [6, 6.07) is 3.42. The zero-order chi connectivity index (χ0) is 39.9. The van der Waals surface area contributed by atoms with Crippen molar-refractivity contribution in [1.82, 2.24) is 36.1 Å². The van der Waals surface area contributed by atoms with E-state index >= 15 is 0 Å². The van der Waals surface area contributed by atoms with Crippen LogP contribution in [0.5, 0.6) is 0 Å². The fraction of sp³-hybridized carbons (Fsp3) is 0.619. The van der Waals surface area contributed by atoms with Crippen LogP contribution in [-0.4, -0.2) is 80.9 Å². The molecule has 1 aromatic carbocycles. The average molecular weight is 758 g/mol. The number of hydrogen-bond acceptors (Lipinski definition) is 8. The molecule has 2 heterocycles. The lowest BCUT2D eigenvalue weighted by Gasteiger charge is -2.38. The fourth-order valence-electron chi connectivity index (χ4n) is 8.59. The van der Waals surface area contributed by atoms with Crippen LogP contribution in [0.1, 0.15) is 126 Å². The summed E-state index contributed by atoms with van der Waals surface area (Å²) in [7, 11) is 0. The highest BCUT2D eigenvalue weighted by Gasteiger charge is 2.52. The van der Waals surface area contributed by atoms with Gasteiger partial charge in [-0.3, -0.25) is 33.8 Å². The van der Waals surface area contributed by atoms with Crippen molar-refractivity contribution in [2.75, 3.05) is 6.54 Å². The lowest BCUT2D eigenvalue weighted by atomic mass is 9.82. The number of ketones is 1. The summed E-state index contributed by atoms with van der Waals surface area (Å²) >= 11 is 0. The summed E-state index contributed by atoms with van der Waals surface area (Å²) in [6.07, 6.45) is 12.0. The largest absolute Gasteiger partial charge is 0.344 e. The maximum absolute atomic E-state index is 14.7. The molecule has 55 heavy (non-hydrogen) atoms. The summed E-state index contributed by atoms with van der Waals surface area (Å²) in [5.41, 5.74) is 1.27. The monoisotopic (exact) mass is 757 g/mol. The van der Waals surface area contributed by atoms with Gasteiger partial charge in [0.25, 0.3) is 11.8 Å². The topological polar surface area (TPSA) is 180 Å². The van der Waals surface area contributed by atoms with Gasteiger partial charge in [0, 0.05) is 18.9 Å². The average Bonchev–Trinajstić information content (AvgIpc) is 3.77. The summed E-state index contributed by atoms with van der Waals surface area (Å²) in [5, 5.41) is 11.6. The third kappa shape index (κ3) is 10.1. The first kappa shape index (κ1) is 41.5. The van der Waals surface area contributed by atoms with Gasteiger partial charge in [-0.2, -0.15) is 0 Å². The van der Waals surface area contributed by atoms with Crippen LogP contribution in [0.15, 0.2) is 42.9 Å². The molecule has 0 spiro atoms. The molecule has 5 rings (SSSR count). The second-order valence-corrected chi connectivity index (χ2v) is 16.9. The first-order valence-corrected chi connectivity index (χ1v) is 20.1. The van der Waals surface area contributed by atoms with E-state index in [0.29, 0.717) is 13.0 Å². The van der Waals surface area contributed by atoms with E-state index in [4.69, 9.17) is 0 Å². The number of nitrogens with zero attached hydrogens (tertiary/aromatic N) is 3. The van der Waals surface area contributed by atoms with Crippen LogP contribution in [0.2, 0.25) is 0 Å². The predicted octanol–water partition coefficient (Wildman–Crippen LogP) is 4.35. The first-order chi connectivity index (χ1) is 26.2. The summed E-state index contributed by atoms with van der Waals surface area (Å²) in [5.74, 6) is -3.49. The second-order valence-electron chi connectivity index (χ2n) is 16.9. The third-order valence-corrected chi connectivity index (χ3v) is 11.7. The molecule has 7 atom stereocenters. The molecule has 0 bridgehead atoms. The number of hydrogen-bond donors (Lipinski definition) is 4. The lowest BCUT2D eigenvalue weighted by Crippen LogP contribution is -2.62. The van der Waals surface area contributed by atoms with Crippen molar-refractivity contribution in [3.05, 3.63) is 59.7 Å². The van der Waals surface area contributed by atoms with Gasteiger partial charge in [0.15, 0.2) is 0 Å². The zero-order valence-electron chi connectivity index (χ0n) is 33.2. The second kappa shape index (κ2) is 18.3. The van der Waals surface area contributed by atoms with Crippen molar-refractivity contribution in [3.8, 4) is 0 Å². The van der Waals surface area contributed by atoms with Gasteiger partial charge in [0.2, 0.25) is 23.5 Å². The minimum Gasteiger partial charge on any atom is -0.344 e. The molecule has 3 aliphatic rings. The van der Waals surface area contributed by atoms with Gasteiger partial charge in [-0.1, -0.05) is 89.6 Å². The number of aromatic nitrogens is 2. The number of amides is 5. The van der Waals surface area contributed by atoms with E-state index in [0.717, 1.165) is 62.5 Å². The van der Waals surface area contributed by atoms with Crippen molar-refractivity contribution >= 4 is 35.3 Å². The zero-order valence-corrected chi connectivity index (χ0v) is 33.2. The molecule has 1 aliphatic heterocycles. The van der Waals surface area contributed by atoms with Crippen LogP contribution in [-0.2, 0) is 24.0 Å². The number of rotatable bonds is 14. The SMILES string of the molecule is CCC[C@H](NC(=O)[C@@H]1[C@H]2CCC[C@H]2CN1C(=O)[C@@H](NC(=O)[C@@H](NC(=O)c1cnccn1)C1CCCCC1)C(C)(C)C)C(=O)C(=O)N[C@H](C)c1ccc(C)cc1. The number of carbonyl (C=O) groups excluding carboxylic acids is 6. The van der Waals surface area contributed by atoms with E-state index in [-0.39, 0.29) is 35.8 Å². The van der Waals surface area contributed by atoms with Crippen molar-refractivity contribution in [2.24, 2.45) is 23.2 Å².